The number of rotatable bonds is 39. The number of anilines is 2. The average Bonchev–Trinajstić information content (AvgIpc) is 0.986. The SMILES string of the molecule is Cc1c(-c2ccc(N3CCc4cccc(C(=O)Nc5nc6ccccc6s5)c4C3)nc2C(=O)O)cnn1CC12CC3(C)CC(C)(C1)CC(OCCOCCOCCN(C)C(=O)OCc1ccc(CC(=O)[C@H](CCCNC(N)=O)NC(=O)[C@@H](CC(=O)COCCOCCN4C(=O)C=CC4=O)C(C)C)cc1)(C3)C2. The molecule has 28 heteroatoms. The molecule has 2 aliphatic heterocycles. The third-order valence-electron chi connectivity index (χ3n) is 20.9. The number of ketones is 2. The lowest BCUT2D eigenvalue weighted by Crippen LogP contribution is -2.64. The molecular formula is C78H97N11O16S. The summed E-state index contributed by atoms with van der Waals surface area (Å²) >= 11 is 1.42. The van der Waals surface area contributed by atoms with Crippen molar-refractivity contribution in [1.29, 1.82) is 0 Å². The number of thiazole rings is 1. The fraction of sp³-hybridized carbons (Fsp3) is 0.513. The molecule has 106 heavy (non-hydrogen) atoms. The number of carboxylic acid groups (broad SMARTS) is 1. The number of para-hydroxylation sites is 1. The van der Waals surface area contributed by atoms with E-state index in [1.807, 2.05) is 66.4 Å². The molecule has 0 saturated heterocycles. The number of Topliss-reactive ketones (excluding diaryl/α,β-unsaturated/α-hetero) is 2. The molecule has 566 valence electrons. The lowest BCUT2D eigenvalue weighted by molar-refractivity contribution is -0.250. The fourth-order valence-corrected chi connectivity index (χ4v) is 17.8. The Hall–Kier alpha value is -9.32. The molecule has 6 aromatic rings. The van der Waals surface area contributed by atoms with Gasteiger partial charge in [-0.05, 0) is 139 Å². The van der Waals surface area contributed by atoms with Gasteiger partial charge in [0, 0.05) is 93.1 Å². The molecule has 4 fully saturated rings. The van der Waals surface area contributed by atoms with Gasteiger partial charge in [0.15, 0.2) is 22.4 Å². The highest BCUT2D eigenvalue weighted by molar-refractivity contribution is 7.22. The minimum Gasteiger partial charge on any atom is -0.476 e. The quantitative estimate of drug-likeness (QED) is 0.0177. The van der Waals surface area contributed by atoms with Gasteiger partial charge in [-0.2, -0.15) is 5.10 Å². The number of fused-ring (bicyclic) bond motifs is 2. The monoisotopic (exact) mass is 1480 g/mol. The lowest BCUT2D eigenvalue weighted by Gasteiger charge is -2.69. The van der Waals surface area contributed by atoms with Crippen LogP contribution < -0.4 is 26.6 Å². The maximum atomic E-state index is 13.8. The molecule has 27 nitrogen and oxygen atoms in total. The standard InChI is InChI=1S/C78H97N11O16S/c1-50(2)58(38-55(90)42-103-34-33-101-30-28-88-66(92)22-23-67(88)93)70(95)82-61(14-10-25-80-72(79)98)63(91)37-52-16-18-53(19-17-52)41-104-74(99)86(6)27-29-100-31-32-102-35-36-105-78-46-75(4)43-76(5,47-78)45-77(44-75,48-78)49-89-51(3)59(39-81-89)56-20-21-65(84-68(56)71(96)97)87-26-24-54-11-9-12-57(60(54)40-87)69(94)85-73-83-62-13-7-8-15-64(62)106-73/h7-9,11-13,15-23,39,50,58,61H,10,14,24-38,40-49H2,1-6H3,(H,82,95)(H,96,97)(H3,79,80,98)(H,83,85,94)/t58-,61-,75?,76?,77?,78?/m0/s1. The fourth-order valence-electron chi connectivity index (χ4n) is 16.9. The first-order valence-corrected chi connectivity index (χ1v) is 37.2. The van der Waals surface area contributed by atoms with Gasteiger partial charge in [0.2, 0.25) is 5.91 Å². The highest BCUT2D eigenvalue weighted by atomic mass is 32.1. The van der Waals surface area contributed by atoms with Crippen LogP contribution in [0.1, 0.15) is 134 Å². The second kappa shape index (κ2) is 34.5. The second-order valence-corrected chi connectivity index (χ2v) is 31.0. The first kappa shape index (κ1) is 77.8. The number of imide groups is 1. The van der Waals surface area contributed by atoms with Crippen LogP contribution >= 0.6 is 11.3 Å². The smallest absolute Gasteiger partial charge is 0.409 e. The first-order chi connectivity index (χ1) is 50.8. The molecule has 2 unspecified atom stereocenters. The van der Waals surface area contributed by atoms with Crippen LogP contribution in [-0.4, -0.2) is 192 Å². The maximum absolute atomic E-state index is 13.8. The maximum Gasteiger partial charge on any atom is 0.409 e. The number of likely N-dealkylation sites (N-methyl/N-ethyl adjacent to an activating group) is 1. The number of aromatic carboxylic acids is 1. The largest absolute Gasteiger partial charge is 0.476 e. The summed E-state index contributed by atoms with van der Waals surface area (Å²) in [4.78, 5) is 129. The third kappa shape index (κ3) is 19.6. The number of hydrogen-bond acceptors (Lipinski definition) is 20. The predicted molar refractivity (Wildman–Crippen MR) is 395 cm³/mol. The topological polar surface area (TPSA) is 345 Å². The molecule has 0 radical (unpaired) electrons. The van der Waals surface area contributed by atoms with E-state index in [1.54, 1.807) is 51.4 Å². The molecule has 0 spiro atoms. The number of pyridine rings is 1. The summed E-state index contributed by atoms with van der Waals surface area (Å²) in [5.74, 6) is -3.79. The molecule has 6 N–H and O–H groups in total. The first-order valence-electron chi connectivity index (χ1n) is 36.4. The van der Waals surface area contributed by atoms with Crippen LogP contribution in [0, 0.1) is 35.0 Å². The Bertz CT molecular complexity index is 4180. The van der Waals surface area contributed by atoms with E-state index >= 15 is 0 Å². The molecule has 3 aromatic heterocycles. The number of urea groups is 1. The molecule has 6 aliphatic rings. The minimum absolute atomic E-state index is 0.0215. The number of nitrogens with two attached hydrogens (primary N) is 1. The van der Waals surface area contributed by atoms with Gasteiger partial charge in [-0.3, -0.25) is 43.7 Å². The van der Waals surface area contributed by atoms with Crippen LogP contribution in [0.3, 0.4) is 0 Å². The van der Waals surface area contributed by atoms with Gasteiger partial charge in [0.1, 0.15) is 19.0 Å². The molecule has 7 amide bonds. The van der Waals surface area contributed by atoms with Crippen molar-refractivity contribution in [1.82, 2.24) is 40.2 Å². The zero-order valence-electron chi connectivity index (χ0n) is 61.2. The summed E-state index contributed by atoms with van der Waals surface area (Å²) in [5.41, 5.74) is 11.6. The van der Waals surface area contributed by atoms with E-state index in [0.717, 1.165) is 76.0 Å². The number of ether oxygens (including phenoxy) is 6. The van der Waals surface area contributed by atoms with Crippen molar-refractivity contribution in [2.75, 3.05) is 103 Å². The summed E-state index contributed by atoms with van der Waals surface area (Å²) < 4.78 is 38.3. The number of nitrogens with one attached hydrogen (secondary N) is 3. The molecule has 4 atom stereocenters. The Morgan fingerprint density at radius 3 is 2.19 bits per heavy atom. The molecule has 12 rings (SSSR count). The Labute approximate surface area is 620 Å². The van der Waals surface area contributed by atoms with E-state index in [9.17, 15) is 48.3 Å². The summed E-state index contributed by atoms with van der Waals surface area (Å²) in [6.45, 7) is 14.4. The summed E-state index contributed by atoms with van der Waals surface area (Å²) in [6.07, 6.45) is 10.6. The van der Waals surface area contributed by atoms with Gasteiger partial charge in [0.25, 0.3) is 17.7 Å². The predicted octanol–water partition coefficient (Wildman–Crippen LogP) is 9.05. The molecule has 4 aliphatic carbocycles. The van der Waals surface area contributed by atoms with E-state index in [2.05, 4.69) is 39.5 Å². The summed E-state index contributed by atoms with van der Waals surface area (Å²) in [7, 11) is 1.62. The Balaban J connectivity index is 0.590. The Morgan fingerprint density at radius 2 is 1.47 bits per heavy atom. The van der Waals surface area contributed by atoms with E-state index in [4.69, 9.17) is 44.2 Å². The van der Waals surface area contributed by atoms with E-state index < -0.39 is 47.8 Å². The normalized spacial score (nSPS) is 20.6. The van der Waals surface area contributed by atoms with Crippen LogP contribution in [0.25, 0.3) is 21.3 Å². The van der Waals surface area contributed by atoms with Crippen LogP contribution in [0.15, 0.2) is 97.2 Å². The highest BCUT2D eigenvalue weighted by Gasteiger charge is 2.66. The number of carbonyl (C=O) groups excluding carboxylic acids is 8. The zero-order valence-corrected chi connectivity index (χ0v) is 62.1. The number of aromatic nitrogens is 4. The number of hydrogen-bond donors (Lipinski definition) is 5. The molecule has 4 bridgehead atoms. The molecular weight excluding hydrogens is 1380 g/mol. The Kier molecular flexibility index (Phi) is 25.3. The van der Waals surface area contributed by atoms with Crippen molar-refractivity contribution >= 4 is 85.8 Å². The molecule has 4 saturated carbocycles. The summed E-state index contributed by atoms with van der Waals surface area (Å²) in [5, 5.41) is 24.6. The second-order valence-electron chi connectivity index (χ2n) is 30.0. The van der Waals surface area contributed by atoms with Gasteiger partial charge >= 0.3 is 18.1 Å². The summed E-state index contributed by atoms with van der Waals surface area (Å²) in [6, 6.07) is 22.6. The van der Waals surface area contributed by atoms with E-state index in [0.29, 0.717) is 92.1 Å². The van der Waals surface area contributed by atoms with Crippen molar-refractivity contribution in [3.63, 3.8) is 0 Å². The van der Waals surface area contributed by atoms with Crippen molar-refractivity contribution in [3.8, 4) is 11.1 Å². The van der Waals surface area contributed by atoms with Crippen molar-refractivity contribution in [3.05, 3.63) is 136 Å². The zero-order chi connectivity index (χ0) is 75.3. The van der Waals surface area contributed by atoms with Gasteiger partial charge < -0.3 is 59.7 Å². The number of primary amides is 1. The lowest BCUT2D eigenvalue weighted by atomic mass is 9.39. The van der Waals surface area contributed by atoms with E-state index in [1.165, 1.54) is 28.4 Å². The van der Waals surface area contributed by atoms with Crippen LogP contribution in [-0.2, 0) is 84.9 Å². The van der Waals surface area contributed by atoms with Crippen LogP contribution in [0.4, 0.5) is 20.5 Å². The van der Waals surface area contributed by atoms with Gasteiger partial charge in [-0.25, -0.2) is 24.4 Å². The average molecular weight is 1480 g/mol. The van der Waals surface area contributed by atoms with Crippen LogP contribution in [0.2, 0.25) is 0 Å². The number of benzene rings is 3. The highest BCUT2D eigenvalue weighted by Crippen LogP contribution is 2.72. The number of carbonyl (C=O) groups is 9. The van der Waals surface area contributed by atoms with Gasteiger partial charge in [0.05, 0.1) is 87.5 Å². The number of nitrogens with zero attached hydrogens (tertiary/aromatic N) is 7. The van der Waals surface area contributed by atoms with E-state index in [-0.39, 0.29) is 129 Å². The van der Waals surface area contributed by atoms with Gasteiger partial charge in [-0.15, -0.1) is 0 Å². The van der Waals surface area contributed by atoms with Gasteiger partial charge in [-0.1, -0.05) is 87.6 Å². The minimum atomic E-state index is -1.14. The van der Waals surface area contributed by atoms with Crippen LogP contribution in [0.5, 0.6) is 0 Å². The van der Waals surface area contributed by atoms with Crippen molar-refractivity contribution < 1.29 is 76.7 Å². The third-order valence-corrected chi connectivity index (χ3v) is 21.8. The number of amides is 7. The van der Waals surface area contributed by atoms with Crippen molar-refractivity contribution in [2.45, 2.75) is 137 Å². The Morgan fingerprint density at radius 1 is 0.774 bits per heavy atom. The molecule has 5 heterocycles. The number of carboxylic acids is 1. The molecule has 3 aromatic carbocycles. The van der Waals surface area contributed by atoms with Crippen molar-refractivity contribution in [2.24, 2.45) is 33.8 Å².